The summed E-state index contributed by atoms with van der Waals surface area (Å²) in [7, 11) is 2.14. The molecule has 8 heteroatoms. The van der Waals surface area contributed by atoms with Crippen molar-refractivity contribution >= 4 is 17.3 Å². The lowest BCUT2D eigenvalue weighted by Gasteiger charge is -2.37. The molecule has 3 heterocycles. The van der Waals surface area contributed by atoms with Crippen LogP contribution in [0.2, 0.25) is 0 Å². The predicted octanol–water partition coefficient (Wildman–Crippen LogP) is 1.57. The van der Waals surface area contributed by atoms with Crippen LogP contribution in [0.15, 0.2) is 30.6 Å². The fourth-order valence-corrected chi connectivity index (χ4v) is 3.73. The van der Waals surface area contributed by atoms with Crippen molar-refractivity contribution in [3.05, 3.63) is 42.0 Å². The number of anilines is 3. The summed E-state index contributed by atoms with van der Waals surface area (Å²) in [5, 5.41) is 9.06. The van der Waals surface area contributed by atoms with E-state index >= 15 is 0 Å². The Morgan fingerprint density at radius 1 is 0.821 bits per heavy atom. The van der Waals surface area contributed by atoms with Crippen LogP contribution in [-0.2, 0) is 0 Å². The van der Waals surface area contributed by atoms with Gasteiger partial charge in [0.2, 0.25) is 0 Å². The van der Waals surface area contributed by atoms with Gasteiger partial charge in [-0.3, -0.25) is 0 Å². The molecule has 2 fully saturated rings. The van der Waals surface area contributed by atoms with E-state index in [1.54, 1.807) is 12.4 Å². The van der Waals surface area contributed by atoms with Crippen molar-refractivity contribution < 1.29 is 4.39 Å². The minimum absolute atomic E-state index is 0.352. The van der Waals surface area contributed by atoms with E-state index in [1.807, 2.05) is 6.07 Å². The monoisotopic (exact) mass is 381 g/mol. The minimum Gasteiger partial charge on any atom is -0.368 e. The Morgan fingerprint density at radius 3 is 2.00 bits per heavy atom. The maximum atomic E-state index is 13.7. The summed E-state index contributed by atoms with van der Waals surface area (Å²) in [5.74, 6) is 1.54. The van der Waals surface area contributed by atoms with Crippen LogP contribution in [0.25, 0.3) is 0 Å². The van der Waals surface area contributed by atoms with Crippen molar-refractivity contribution in [2.45, 2.75) is 0 Å². The highest BCUT2D eigenvalue weighted by Gasteiger charge is 2.21. The van der Waals surface area contributed by atoms with Gasteiger partial charge in [-0.25, -0.2) is 14.4 Å². The molecule has 0 saturated carbocycles. The Morgan fingerprint density at radius 2 is 1.39 bits per heavy atom. The normalized spacial score (nSPS) is 18.2. The molecule has 2 aromatic rings. The molecule has 4 rings (SSSR count). The number of piperazine rings is 2. The van der Waals surface area contributed by atoms with E-state index in [4.69, 9.17) is 5.26 Å². The third kappa shape index (κ3) is 3.99. The Balaban J connectivity index is 1.42. The molecule has 0 unspecified atom stereocenters. The van der Waals surface area contributed by atoms with Gasteiger partial charge < -0.3 is 19.6 Å². The summed E-state index contributed by atoms with van der Waals surface area (Å²) >= 11 is 0. The molecule has 7 nitrogen and oxygen atoms in total. The molecule has 0 radical (unpaired) electrons. The van der Waals surface area contributed by atoms with Gasteiger partial charge in [-0.05, 0) is 25.2 Å². The number of halogens is 1. The number of hydrogen-bond acceptors (Lipinski definition) is 7. The van der Waals surface area contributed by atoms with Gasteiger partial charge >= 0.3 is 0 Å². The van der Waals surface area contributed by atoms with Gasteiger partial charge in [-0.1, -0.05) is 0 Å². The number of nitrogens with zero attached hydrogens (tertiary/aromatic N) is 7. The van der Waals surface area contributed by atoms with Gasteiger partial charge in [0.25, 0.3) is 0 Å². The molecular weight excluding hydrogens is 357 g/mol. The van der Waals surface area contributed by atoms with E-state index in [9.17, 15) is 4.39 Å². The SMILES string of the molecule is CN1CCN(c2cc(N3CCN(c4cc(F)cc(C#N)c4)CC3)ncn2)CC1. The van der Waals surface area contributed by atoms with E-state index in [2.05, 4.69) is 42.7 Å². The summed E-state index contributed by atoms with van der Waals surface area (Å²) in [5.41, 5.74) is 1.11. The summed E-state index contributed by atoms with van der Waals surface area (Å²) in [4.78, 5) is 17.9. The van der Waals surface area contributed by atoms with Gasteiger partial charge in [0.1, 0.15) is 23.8 Å². The molecule has 2 saturated heterocycles. The summed E-state index contributed by atoms with van der Waals surface area (Å²) in [6.45, 7) is 7.11. The van der Waals surface area contributed by atoms with Crippen LogP contribution < -0.4 is 14.7 Å². The van der Waals surface area contributed by atoms with Crippen LogP contribution >= 0.6 is 0 Å². The number of aromatic nitrogens is 2. The van der Waals surface area contributed by atoms with Gasteiger partial charge in [-0.2, -0.15) is 5.26 Å². The molecule has 0 bridgehead atoms. The van der Waals surface area contributed by atoms with Crippen LogP contribution in [-0.4, -0.2) is 74.3 Å². The number of rotatable bonds is 3. The highest BCUT2D eigenvalue weighted by molar-refractivity contribution is 5.55. The largest absolute Gasteiger partial charge is 0.368 e. The maximum Gasteiger partial charge on any atom is 0.134 e. The molecule has 0 N–H and O–H groups in total. The highest BCUT2D eigenvalue weighted by atomic mass is 19.1. The highest BCUT2D eigenvalue weighted by Crippen LogP contribution is 2.23. The first-order chi connectivity index (χ1) is 13.6. The average Bonchev–Trinajstić information content (AvgIpc) is 2.74. The topological polar surface area (TPSA) is 62.5 Å². The molecule has 1 aromatic carbocycles. The quantitative estimate of drug-likeness (QED) is 0.800. The zero-order valence-corrected chi connectivity index (χ0v) is 16.1. The van der Waals surface area contributed by atoms with Crippen LogP contribution in [0.4, 0.5) is 21.7 Å². The van der Waals surface area contributed by atoms with Gasteiger partial charge in [0.15, 0.2) is 0 Å². The Kier molecular flexibility index (Phi) is 5.26. The van der Waals surface area contributed by atoms with E-state index in [0.717, 1.165) is 69.7 Å². The average molecular weight is 381 g/mol. The van der Waals surface area contributed by atoms with E-state index < -0.39 is 0 Å². The summed E-state index contributed by atoms with van der Waals surface area (Å²) < 4.78 is 13.7. The lowest BCUT2D eigenvalue weighted by atomic mass is 10.1. The van der Waals surface area contributed by atoms with Crippen LogP contribution in [0.3, 0.4) is 0 Å². The number of nitriles is 1. The van der Waals surface area contributed by atoms with Crippen LogP contribution in [0.5, 0.6) is 0 Å². The second-order valence-electron chi connectivity index (χ2n) is 7.31. The molecule has 0 aliphatic carbocycles. The first-order valence-electron chi connectivity index (χ1n) is 9.58. The van der Waals surface area contributed by atoms with Crippen molar-refractivity contribution in [1.29, 1.82) is 5.26 Å². The molecule has 0 spiro atoms. The lowest BCUT2D eigenvalue weighted by Crippen LogP contribution is -2.47. The molecule has 0 atom stereocenters. The molecule has 0 amide bonds. The lowest BCUT2D eigenvalue weighted by molar-refractivity contribution is 0.312. The van der Waals surface area contributed by atoms with Crippen molar-refractivity contribution in [1.82, 2.24) is 14.9 Å². The van der Waals surface area contributed by atoms with Crippen LogP contribution in [0, 0.1) is 17.1 Å². The van der Waals surface area contributed by atoms with Gasteiger partial charge in [-0.15, -0.1) is 0 Å². The van der Waals surface area contributed by atoms with Crippen molar-refractivity contribution in [3.8, 4) is 6.07 Å². The Labute approximate surface area is 164 Å². The first kappa shape index (κ1) is 18.4. The maximum absolute atomic E-state index is 13.7. The Bertz CT molecular complexity index is 865. The second kappa shape index (κ2) is 7.98. The summed E-state index contributed by atoms with van der Waals surface area (Å²) in [6, 6.07) is 8.59. The first-order valence-corrected chi connectivity index (χ1v) is 9.58. The van der Waals surface area contributed by atoms with E-state index in [-0.39, 0.29) is 5.82 Å². The smallest absolute Gasteiger partial charge is 0.134 e. The molecule has 146 valence electrons. The standard InChI is InChI=1S/C20H24FN7/c1-25-2-4-27(5-3-25)19-13-20(24-15-23-19)28-8-6-26(7-9-28)18-11-16(14-22)10-17(21)12-18/h10-13,15H,2-9H2,1H3. The fourth-order valence-electron chi connectivity index (χ4n) is 3.73. The third-order valence-corrected chi connectivity index (χ3v) is 5.45. The van der Waals surface area contributed by atoms with Gasteiger partial charge in [0, 0.05) is 64.1 Å². The second-order valence-corrected chi connectivity index (χ2v) is 7.31. The number of hydrogen-bond donors (Lipinski definition) is 0. The third-order valence-electron chi connectivity index (χ3n) is 5.45. The zero-order chi connectivity index (χ0) is 19.5. The number of likely N-dealkylation sites (N-methyl/N-ethyl adjacent to an activating group) is 1. The summed E-state index contributed by atoms with van der Waals surface area (Å²) in [6.07, 6.45) is 1.64. The van der Waals surface area contributed by atoms with E-state index in [0.29, 0.717) is 5.56 Å². The zero-order valence-electron chi connectivity index (χ0n) is 16.1. The molecular formula is C20H24FN7. The molecule has 28 heavy (non-hydrogen) atoms. The minimum atomic E-state index is -0.371. The molecule has 2 aliphatic rings. The fraction of sp³-hybridized carbons (Fsp3) is 0.450. The number of benzene rings is 1. The van der Waals surface area contributed by atoms with E-state index in [1.165, 1.54) is 12.1 Å². The van der Waals surface area contributed by atoms with Crippen molar-refractivity contribution in [2.24, 2.45) is 0 Å². The molecule has 1 aromatic heterocycles. The molecule has 2 aliphatic heterocycles. The van der Waals surface area contributed by atoms with Crippen LogP contribution in [0.1, 0.15) is 5.56 Å². The van der Waals surface area contributed by atoms with Crippen molar-refractivity contribution in [3.63, 3.8) is 0 Å². The van der Waals surface area contributed by atoms with Gasteiger partial charge in [0.05, 0.1) is 11.6 Å². The Hall–Kier alpha value is -2.92. The van der Waals surface area contributed by atoms with Crippen molar-refractivity contribution in [2.75, 3.05) is 74.1 Å². The predicted molar refractivity (Wildman–Crippen MR) is 107 cm³/mol.